The van der Waals surface area contributed by atoms with Crippen LogP contribution in [-0.2, 0) is 4.79 Å². The molecule has 1 fully saturated rings. The minimum Gasteiger partial charge on any atom is -0.399 e. The fourth-order valence-electron chi connectivity index (χ4n) is 2.90. The molecule has 1 aromatic rings. The molecule has 21 heavy (non-hydrogen) atoms. The van der Waals surface area contributed by atoms with Crippen molar-refractivity contribution < 1.29 is 4.79 Å². The molecular weight excluding hydrogens is 262 g/mol. The van der Waals surface area contributed by atoms with Crippen LogP contribution in [0.3, 0.4) is 0 Å². The number of benzene rings is 1. The second-order valence-electron chi connectivity index (χ2n) is 7.21. The lowest BCUT2D eigenvalue weighted by atomic mass is 9.80. The zero-order valence-electron chi connectivity index (χ0n) is 13.6. The van der Waals surface area contributed by atoms with Crippen molar-refractivity contribution in [3.8, 4) is 0 Å². The molecule has 1 atom stereocenters. The summed E-state index contributed by atoms with van der Waals surface area (Å²) >= 11 is 0. The Morgan fingerprint density at radius 1 is 1.43 bits per heavy atom. The fourth-order valence-corrected chi connectivity index (χ4v) is 2.90. The van der Waals surface area contributed by atoms with Crippen LogP contribution in [0.25, 0.3) is 0 Å². The highest BCUT2D eigenvalue weighted by Gasteiger charge is 2.32. The Balaban J connectivity index is 1.88. The molecule has 2 rings (SSSR count). The number of nitrogens with one attached hydrogen (secondary N) is 1. The van der Waals surface area contributed by atoms with Crippen molar-refractivity contribution in [3.63, 3.8) is 0 Å². The van der Waals surface area contributed by atoms with Gasteiger partial charge in [-0.2, -0.15) is 0 Å². The minimum atomic E-state index is 0.0532. The zero-order chi connectivity index (χ0) is 15.6. The first-order chi connectivity index (χ1) is 9.75. The lowest BCUT2D eigenvalue weighted by Gasteiger charge is -2.27. The minimum absolute atomic E-state index is 0.0532. The summed E-state index contributed by atoms with van der Waals surface area (Å²) in [6.45, 7) is 11.3. The molecule has 3 N–H and O–H groups in total. The van der Waals surface area contributed by atoms with Gasteiger partial charge in [0.1, 0.15) is 0 Å². The number of likely N-dealkylation sites (tertiary alicyclic amines) is 1. The van der Waals surface area contributed by atoms with Crippen LogP contribution >= 0.6 is 0 Å². The Hall–Kier alpha value is -1.55. The molecule has 1 aliphatic rings. The summed E-state index contributed by atoms with van der Waals surface area (Å²) < 4.78 is 0. The van der Waals surface area contributed by atoms with E-state index in [0.29, 0.717) is 17.9 Å². The van der Waals surface area contributed by atoms with Gasteiger partial charge in [-0.1, -0.05) is 20.8 Å². The van der Waals surface area contributed by atoms with Gasteiger partial charge >= 0.3 is 0 Å². The van der Waals surface area contributed by atoms with E-state index >= 15 is 0 Å². The number of carbonyl (C=O) groups excluding carboxylic acids is 1. The molecule has 0 aliphatic carbocycles. The van der Waals surface area contributed by atoms with Gasteiger partial charge < -0.3 is 11.1 Å². The van der Waals surface area contributed by atoms with E-state index in [1.165, 1.54) is 6.42 Å². The van der Waals surface area contributed by atoms with E-state index < -0.39 is 0 Å². The van der Waals surface area contributed by atoms with Gasteiger partial charge in [-0.3, -0.25) is 9.69 Å². The zero-order valence-corrected chi connectivity index (χ0v) is 13.6. The summed E-state index contributed by atoms with van der Waals surface area (Å²) in [4.78, 5) is 14.4. The molecule has 1 saturated heterocycles. The van der Waals surface area contributed by atoms with E-state index in [2.05, 4.69) is 31.0 Å². The third kappa shape index (κ3) is 4.21. The monoisotopic (exact) mass is 289 g/mol. The number of anilines is 2. The summed E-state index contributed by atoms with van der Waals surface area (Å²) in [7, 11) is 0. The average Bonchev–Trinajstić information content (AvgIpc) is 2.81. The van der Waals surface area contributed by atoms with Gasteiger partial charge in [0.25, 0.3) is 0 Å². The molecule has 1 aliphatic heterocycles. The van der Waals surface area contributed by atoms with Crippen molar-refractivity contribution in [1.29, 1.82) is 0 Å². The van der Waals surface area contributed by atoms with Crippen molar-refractivity contribution in [3.05, 3.63) is 23.8 Å². The maximum atomic E-state index is 12.2. The van der Waals surface area contributed by atoms with Crippen molar-refractivity contribution >= 4 is 17.3 Å². The smallest absolute Gasteiger partial charge is 0.238 e. The highest BCUT2D eigenvalue weighted by Crippen LogP contribution is 2.33. The third-order valence-electron chi connectivity index (χ3n) is 4.39. The number of carbonyl (C=O) groups is 1. The summed E-state index contributed by atoms with van der Waals surface area (Å²) in [5, 5.41) is 2.98. The van der Waals surface area contributed by atoms with Crippen LogP contribution in [0.1, 0.15) is 32.8 Å². The van der Waals surface area contributed by atoms with Crippen LogP contribution in [-0.4, -0.2) is 30.4 Å². The van der Waals surface area contributed by atoms with E-state index in [1.54, 1.807) is 0 Å². The third-order valence-corrected chi connectivity index (χ3v) is 4.39. The topological polar surface area (TPSA) is 58.4 Å². The van der Waals surface area contributed by atoms with Gasteiger partial charge in [0, 0.05) is 17.9 Å². The Kier molecular flexibility index (Phi) is 4.57. The Morgan fingerprint density at radius 2 is 2.14 bits per heavy atom. The molecular formula is C17H27N3O. The number of nitrogen functional groups attached to an aromatic ring is 1. The molecule has 0 bridgehead atoms. The summed E-state index contributed by atoms with van der Waals surface area (Å²) in [6, 6.07) is 5.56. The second kappa shape index (κ2) is 6.06. The molecule has 1 unspecified atom stereocenters. The van der Waals surface area contributed by atoms with Crippen molar-refractivity contribution in [1.82, 2.24) is 4.90 Å². The number of hydrogen-bond acceptors (Lipinski definition) is 3. The number of hydrogen-bond donors (Lipinski definition) is 2. The SMILES string of the molecule is Cc1cc(N)ccc1NC(=O)CN1CCC(C(C)(C)C)C1. The molecule has 0 spiro atoms. The van der Waals surface area contributed by atoms with E-state index in [4.69, 9.17) is 5.73 Å². The van der Waals surface area contributed by atoms with Crippen molar-refractivity contribution in [2.45, 2.75) is 34.1 Å². The predicted octanol–water partition coefficient (Wildman–Crippen LogP) is 2.88. The summed E-state index contributed by atoms with van der Waals surface area (Å²) in [5.41, 5.74) is 8.61. The standard InChI is InChI=1S/C17H27N3O/c1-12-9-14(18)5-6-15(12)19-16(21)11-20-8-7-13(10-20)17(2,3)4/h5-6,9,13H,7-8,10-11,18H2,1-4H3,(H,19,21). The van der Waals surface area contributed by atoms with E-state index in [-0.39, 0.29) is 5.91 Å². The highest BCUT2D eigenvalue weighted by molar-refractivity contribution is 5.93. The lowest BCUT2D eigenvalue weighted by molar-refractivity contribution is -0.117. The Morgan fingerprint density at radius 3 is 2.71 bits per heavy atom. The maximum absolute atomic E-state index is 12.2. The molecule has 1 amide bonds. The van der Waals surface area contributed by atoms with Crippen LogP contribution in [0.4, 0.5) is 11.4 Å². The van der Waals surface area contributed by atoms with Gasteiger partial charge in [-0.05, 0) is 55.0 Å². The summed E-state index contributed by atoms with van der Waals surface area (Å²) in [6.07, 6.45) is 1.18. The number of rotatable bonds is 3. The van der Waals surface area contributed by atoms with E-state index in [0.717, 1.165) is 30.0 Å². The highest BCUT2D eigenvalue weighted by atomic mass is 16.2. The van der Waals surface area contributed by atoms with Crippen LogP contribution in [0.15, 0.2) is 18.2 Å². The predicted molar refractivity (Wildman–Crippen MR) is 88.2 cm³/mol. The quantitative estimate of drug-likeness (QED) is 0.841. The lowest BCUT2D eigenvalue weighted by Crippen LogP contribution is -2.33. The Bertz CT molecular complexity index is 519. The second-order valence-corrected chi connectivity index (χ2v) is 7.21. The van der Waals surface area contributed by atoms with Gasteiger partial charge in [0.2, 0.25) is 5.91 Å². The summed E-state index contributed by atoms with van der Waals surface area (Å²) in [5.74, 6) is 0.723. The van der Waals surface area contributed by atoms with Crippen molar-refractivity contribution in [2.24, 2.45) is 11.3 Å². The van der Waals surface area contributed by atoms with Crippen LogP contribution in [0, 0.1) is 18.3 Å². The first-order valence-electron chi connectivity index (χ1n) is 7.64. The Labute approximate surface area is 127 Å². The maximum Gasteiger partial charge on any atom is 0.238 e. The first-order valence-corrected chi connectivity index (χ1v) is 7.64. The largest absolute Gasteiger partial charge is 0.399 e. The normalized spacial score (nSPS) is 19.7. The van der Waals surface area contributed by atoms with Crippen LogP contribution in [0.2, 0.25) is 0 Å². The molecule has 0 aromatic heterocycles. The molecule has 4 nitrogen and oxygen atoms in total. The number of nitrogens with zero attached hydrogens (tertiary/aromatic N) is 1. The molecule has 0 radical (unpaired) electrons. The number of aryl methyl sites for hydroxylation is 1. The van der Waals surface area contributed by atoms with Gasteiger partial charge in [0.05, 0.1) is 6.54 Å². The number of nitrogens with two attached hydrogens (primary N) is 1. The van der Waals surface area contributed by atoms with Gasteiger partial charge in [-0.25, -0.2) is 0 Å². The van der Waals surface area contributed by atoms with Crippen molar-refractivity contribution in [2.75, 3.05) is 30.7 Å². The van der Waals surface area contributed by atoms with E-state index in [1.807, 2.05) is 25.1 Å². The molecule has 4 heteroatoms. The molecule has 0 saturated carbocycles. The van der Waals surface area contributed by atoms with Gasteiger partial charge in [-0.15, -0.1) is 0 Å². The molecule has 1 aromatic carbocycles. The van der Waals surface area contributed by atoms with Gasteiger partial charge in [0.15, 0.2) is 0 Å². The molecule has 1 heterocycles. The average molecular weight is 289 g/mol. The number of amides is 1. The van der Waals surface area contributed by atoms with Crippen LogP contribution in [0.5, 0.6) is 0 Å². The van der Waals surface area contributed by atoms with Crippen LogP contribution < -0.4 is 11.1 Å². The van der Waals surface area contributed by atoms with E-state index in [9.17, 15) is 4.79 Å². The fraction of sp³-hybridized carbons (Fsp3) is 0.588. The molecule has 116 valence electrons. The first kappa shape index (κ1) is 15.8.